The summed E-state index contributed by atoms with van der Waals surface area (Å²) in [5, 5.41) is -0.0257. The van der Waals surface area contributed by atoms with Crippen LogP contribution in [0.2, 0.25) is 30.1 Å². The van der Waals surface area contributed by atoms with Gasteiger partial charge in [0.1, 0.15) is 0 Å². The molecule has 2 aromatic rings. The number of anilines is 1. The average Bonchev–Trinajstić information content (AvgIpc) is 2.77. The van der Waals surface area contributed by atoms with Gasteiger partial charge in [0.2, 0.25) is 0 Å². The van der Waals surface area contributed by atoms with Crippen LogP contribution in [0.4, 0.5) is 5.69 Å². The van der Waals surface area contributed by atoms with Crippen LogP contribution in [0, 0.1) is 0 Å². The molecule has 0 unspecified atom stereocenters. The molecule has 0 radical (unpaired) electrons. The van der Waals surface area contributed by atoms with Gasteiger partial charge < -0.3 is 0 Å². The first-order valence-corrected chi connectivity index (χ1v) is 8.22. The summed E-state index contributed by atoms with van der Waals surface area (Å²) in [6.07, 6.45) is 0. The number of imide groups is 1. The van der Waals surface area contributed by atoms with Gasteiger partial charge in [-0.1, -0.05) is 69.6 Å². The lowest BCUT2D eigenvalue weighted by atomic mass is 10.1. The monoisotopic (exact) mass is 427 g/mol. The molecule has 0 N–H and O–H groups in total. The topological polar surface area (TPSA) is 37.4 Å². The fraction of sp³-hybridized carbons (Fsp3) is 0. The first-order valence-electron chi connectivity index (χ1n) is 5.95. The second-order valence-electron chi connectivity index (χ2n) is 4.55. The average molecular weight is 430 g/mol. The van der Waals surface area contributed by atoms with Crippen LogP contribution in [0.1, 0.15) is 20.7 Å². The Morgan fingerprint density at radius 1 is 0.696 bits per heavy atom. The van der Waals surface area contributed by atoms with Crippen LogP contribution in [-0.4, -0.2) is 11.8 Å². The van der Waals surface area contributed by atoms with Gasteiger partial charge in [-0.25, -0.2) is 4.90 Å². The Hall–Kier alpha value is -0.680. The molecule has 23 heavy (non-hydrogen) atoms. The molecule has 0 aliphatic carbocycles. The van der Waals surface area contributed by atoms with Crippen molar-refractivity contribution in [2.24, 2.45) is 0 Å². The van der Waals surface area contributed by atoms with Crippen molar-refractivity contribution in [1.29, 1.82) is 0 Å². The van der Waals surface area contributed by atoms with Gasteiger partial charge in [-0.15, -0.1) is 0 Å². The highest BCUT2D eigenvalue weighted by atomic mass is 35.5. The minimum absolute atomic E-state index is 0.0997. The Bertz CT molecular complexity index is 849. The Kier molecular flexibility index (Phi) is 4.47. The van der Waals surface area contributed by atoms with Gasteiger partial charge in [-0.2, -0.15) is 0 Å². The second kappa shape index (κ2) is 5.99. The number of fused-ring (bicyclic) bond motifs is 1. The fourth-order valence-electron chi connectivity index (χ4n) is 2.23. The number of hydrogen-bond acceptors (Lipinski definition) is 2. The third-order valence-corrected chi connectivity index (χ3v) is 5.61. The zero-order chi connectivity index (χ0) is 17.0. The number of benzene rings is 2. The van der Waals surface area contributed by atoms with Gasteiger partial charge >= 0.3 is 0 Å². The molecule has 0 spiro atoms. The van der Waals surface area contributed by atoms with E-state index in [0.717, 1.165) is 4.90 Å². The van der Waals surface area contributed by atoms with E-state index in [2.05, 4.69) is 0 Å². The largest absolute Gasteiger partial charge is 0.268 e. The smallest absolute Gasteiger partial charge is 0.267 e. The zero-order valence-corrected chi connectivity index (χ0v) is 15.3. The molecule has 1 heterocycles. The number of hydrogen-bond donors (Lipinski definition) is 0. The summed E-state index contributed by atoms with van der Waals surface area (Å²) in [6.45, 7) is 0. The molecule has 3 rings (SSSR count). The summed E-state index contributed by atoms with van der Waals surface area (Å²) < 4.78 is 0. The maximum Gasteiger partial charge on any atom is 0.267 e. The van der Waals surface area contributed by atoms with Crippen LogP contribution in [-0.2, 0) is 0 Å². The van der Waals surface area contributed by atoms with E-state index in [0.29, 0.717) is 5.02 Å². The molecule has 0 saturated carbocycles. The lowest BCUT2D eigenvalue weighted by molar-refractivity contribution is 0.0926. The number of halogens is 6. The molecule has 0 atom stereocenters. The molecule has 0 aromatic heterocycles. The first kappa shape index (κ1) is 17.2. The number of nitrogens with zero attached hydrogens (tertiary/aromatic N) is 1. The van der Waals surface area contributed by atoms with E-state index in [9.17, 15) is 9.59 Å². The van der Waals surface area contributed by atoms with Gasteiger partial charge in [-0.3, -0.25) is 9.59 Å². The molecular formula is C14H3Cl6NO2. The van der Waals surface area contributed by atoms with E-state index in [-0.39, 0.29) is 41.9 Å². The lowest BCUT2D eigenvalue weighted by Crippen LogP contribution is -2.29. The van der Waals surface area contributed by atoms with Gasteiger partial charge in [0.05, 0.1) is 41.9 Å². The molecule has 1 aliphatic heterocycles. The normalized spacial score (nSPS) is 13.7. The van der Waals surface area contributed by atoms with Crippen LogP contribution in [0.3, 0.4) is 0 Å². The highest BCUT2D eigenvalue weighted by Crippen LogP contribution is 2.46. The predicted molar refractivity (Wildman–Crippen MR) is 94.1 cm³/mol. The molecular weight excluding hydrogens is 427 g/mol. The zero-order valence-electron chi connectivity index (χ0n) is 10.8. The van der Waals surface area contributed by atoms with Crippen molar-refractivity contribution in [3.63, 3.8) is 0 Å². The summed E-state index contributed by atoms with van der Waals surface area (Å²) in [5.41, 5.74) is -0.121. The van der Waals surface area contributed by atoms with Crippen molar-refractivity contribution in [1.82, 2.24) is 0 Å². The van der Waals surface area contributed by atoms with Crippen molar-refractivity contribution in [2.75, 3.05) is 4.90 Å². The van der Waals surface area contributed by atoms with Crippen LogP contribution < -0.4 is 4.90 Å². The Balaban J connectivity index is 2.29. The van der Waals surface area contributed by atoms with Gasteiger partial charge in [0, 0.05) is 5.02 Å². The summed E-state index contributed by atoms with van der Waals surface area (Å²) in [5.74, 6) is -1.42. The number of amides is 2. The van der Waals surface area contributed by atoms with Gasteiger partial charge in [0.15, 0.2) is 0 Å². The predicted octanol–water partition coefficient (Wildman–Crippen LogP) is 6.41. The van der Waals surface area contributed by atoms with Crippen LogP contribution in [0.5, 0.6) is 0 Å². The molecule has 2 amide bonds. The molecule has 118 valence electrons. The standard InChI is InChI=1S/C14H3Cl6NO2/c15-4-1-2-5(16)6(3-4)21-13(22)7-8(14(21)23)10(18)12(20)11(19)9(7)17/h1-3H. The van der Waals surface area contributed by atoms with Gasteiger partial charge in [0.25, 0.3) is 11.8 Å². The van der Waals surface area contributed by atoms with Crippen molar-refractivity contribution in [3.8, 4) is 0 Å². The molecule has 9 heteroatoms. The summed E-state index contributed by atoms with van der Waals surface area (Å²) in [6, 6.07) is 4.38. The maximum absolute atomic E-state index is 12.7. The molecule has 2 aromatic carbocycles. The minimum atomic E-state index is -0.709. The van der Waals surface area contributed by atoms with E-state index in [1.54, 1.807) is 0 Å². The van der Waals surface area contributed by atoms with Crippen molar-refractivity contribution < 1.29 is 9.59 Å². The fourth-order valence-corrected chi connectivity index (χ4v) is 3.61. The quantitative estimate of drug-likeness (QED) is 0.298. The molecule has 3 nitrogen and oxygen atoms in total. The first-order chi connectivity index (χ1) is 10.8. The van der Waals surface area contributed by atoms with E-state index in [1.165, 1.54) is 18.2 Å². The molecule has 0 bridgehead atoms. The number of carbonyl (C=O) groups excluding carboxylic acids is 2. The second-order valence-corrected chi connectivity index (χ2v) is 6.90. The molecule has 0 saturated heterocycles. The molecule has 0 fully saturated rings. The van der Waals surface area contributed by atoms with E-state index in [1.807, 2.05) is 0 Å². The van der Waals surface area contributed by atoms with Crippen molar-refractivity contribution in [3.05, 3.63) is 59.5 Å². The Morgan fingerprint density at radius 3 is 1.65 bits per heavy atom. The summed E-state index contributed by atoms with van der Waals surface area (Å²) in [7, 11) is 0. The van der Waals surface area contributed by atoms with Crippen molar-refractivity contribution in [2.45, 2.75) is 0 Å². The highest BCUT2D eigenvalue weighted by Gasteiger charge is 2.43. The lowest BCUT2D eigenvalue weighted by Gasteiger charge is -2.15. The third kappa shape index (κ3) is 2.51. The summed E-state index contributed by atoms with van der Waals surface area (Å²) in [4.78, 5) is 26.2. The van der Waals surface area contributed by atoms with E-state index < -0.39 is 11.8 Å². The maximum atomic E-state index is 12.7. The van der Waals surface area contributed by atoms with Crippen LogP contribution in [0.25, 0.3) is 0 Å². The van der Waals surface area contributed by atoms with Crippen molar-refractivity contribution >= 4 is 87.1 Å². The third-order valence-electron chi connectivity index (χ3n) is 3.25. The SMILES string of the molecule is O=C1c2c(Cl)c(Cl)c(Cl)c(Cl)c2C(=O)N1c1cc(Cl)ccc1Cl. The van der Waals surface area contributed by atoms with Gasteiger partial charge in [-0.05, 0) is 18.2 Å². The van der Waals surface area contributed by atoms with Crippen LogP contribution in [0.15, 0.2) is 18.2 Å². The number of carbonyl (C=O) groups is 2. The Morgan fingerprint density at radius 2 is 1.17 bits per heavy atom. The van der Waals surface area contributed by atoms with E-state index in [4.69, 9.17) is 69.6 Å². The highest BCUT2D eigenvalue weighted by molar-refractivity contribution is 6.56. The van der Waals surface area contributed by atoms with E-state index >= 15 is 0 Å². The number of rotatable bonds is 1. The minimum Gasteiger partial charge on any atom is -0.268 e. The summed E-state index contributed by atoms with van der Waals surface area (Å²) >= 11 is 36.0. The molecule has 1 aliphatic rings. The van der Waals surface area contributed by atoms with Crippen LogP contribution >= 0.6 is 69.6 Å². The Labute approximate surface area is 160 Å².